The number of aromatic nitrogens is 1. The van der Waals surface area contributed by atoms with Crippen molar-refractivity contribution in [3.05, 3.63) is 58.4 Å². The quantitative estimate of drug-likeness (QED) is 0.808. The SMILES string of the molecule is O=C(NC(CCO)C1CC1)c1ccc(Cn2ccccc2=O)o1. The Morgan fingerprint density at radius 2 is 2.17 bits per heavy atom. The van der Waals surface area contributed by atoms with Crippen molar-refractivity contribution in [3.63, 3.8) is 0 Å². The lowest BCUT2D eigenvalue weighted by Gasteiger charge is -2.16. The van der Waals surface area contributed by atoms with E-state index < -0.39 is 0 Å². The summed E-state index contributed by atoms with van der Waals surface area (Å²) in [5.74, 6) is 0.964. The van der Waals surface area contributed by atoms with Crippen molar-refractivity contribution < 1.29 is 14.3 Å². The van der Waals surface area contributed by atoms with Crippen molar-refractivity contribution in [2.24, 2.45) is 5.92 Å². The third-order valence-electron chi connectivity index (χ3n) is 4.06. The molecule has 0 aliphatic heterocycles. The van der Waals surface area contributed by atoms with Gasteiger partial charge in [0, 0.05) is 24.9 Å². The number of pyridine rings is 1. The molecule has 122 valence electrons. The van der Waals surface area contributed by atoms with E-state index in [0.29, 0.717) is 18.1 Å². The zero-order chi connectivity index (χ0) is 16.2. The van der Waals surface area contributed by atoms with Crippen molar-refractivity contribution in [2.75, 3.05) is 6.61 Å². The molecule has 0 saturated heterocycles. The van der Waals surface area contributed by atoms with Crippen LogP contribution in [0.25, 0.3) is 0 Å². The van der Waals surface area contributed by atoms with Crippen LogP contribution in [0.5, 0.6) is 0 Å². The molecule has 6 nitrogen and oxygen atoms in total. The minimum Gasteiger partial charge on any atom is -0.454 e. The first-order valence-corrected chi connectivity index (χ1v) is 7.83. The van der Waals surface area contributed by atoms with E-state index in [2.05, 4.69) is 5.32 Å². The molecule has 0 spiro atoms. The van der Waals surface area contributed by atoms with Gasteiger partial charge in [-0.25, -0.2) is 0 Å². The van der Waals surface area contributed by atoms with Crippen LogP contribution in [0.4, 0.5) is 0 Å². The lowest BCUT2D eigenvalue weighted by Crippen LogP contribution is -2.36. The maximum Gasteiger partial charge on any atom is 0.287 e. The first-order chi connectivity index (χ1) is 11.2. The van der Waals surface area contributed by atoms with E-state index in [9.17, 15) is 9.59 Å². The maximum atomic E-state index is 12.2. The zero-order valence-corrected chi connectivity index (χ0v) is 12.8. The van der Waals surface area contributed by atoms with Crippen LogP contribution in [0, 0.1) is 5.92 Å². The Bertz CT molecular complexity index is 730. The smallest absolute Gasteiger partial charge is 0.287 e. The highest BCUT2D eigenvalue weighted by Gasteiger charge is 2.32. The summed E-state index contributed by atoms with van der Waals surface area (Å²) in [4.78, 5) is 23.9. The van der Waals surface area contributed by atoms with Crippen molar-refractivity contribution >= 4 is 5.91 Å². The molecule has 0 radical (unpaired) electrons. The van der Waals surface area contributed by atoms with Gasteiger partial charge in [-0.3, -0.25) is 9.59 Å². The van der Waals surface area contributed by atoms with Crippen LogP contribution in [0.3, 0.4) is 0 Å². The van der Waals surface area contributed by atoms with E-state index in [1.807, 2.05) is 0 Å². The normalized spacial score (nSPS) is 15.3. The van der Waals surface area contributed by atoms with Crippen LogP contribution in [0.1, 0.15) is 35.6 Å². The lowest BCUT2D eigenvalue weighted by molar-refractivity contribution is 0.0894. The van der Waals surface area contributed by atoms with Crippen LogP contribution in [-0.4, -0.2) is 28.2 Å². The molecule has 1 fully saturated rings. The Morgan fingerprint density at radius 1 is 1.35 bits per heavy atom. The second kappa shape index (κ2) is 6.83. The predicted molar refractivity (Wildman–Crippen MR) is 84.2 cm³/mol. The van der Waals surface area contributed by atoms with Crippen molar-refractivity contribution in [1.82, 2.24) is 9.88 Å². The highest BCUT2D eigenvalue weighted by molar-refractivity contribution is 5.91. The Hall–Kier alpha value is -2.34. The van der Waals surface area contributed by atoms with Crippen molar-refractivity contribution in [1.29, 1.82) is 0 Å². The Morgan fingerprint density at radius 3 is 2.87 bits per heavy atom. The van der Waals surface area contributed by atoms with Crippen LogP contribution >= 0.6 is 0 Å². The second-order valence-corrected chi connectivity index (χ2v) is 5.86. The molecule has 1 saturated carbocycles. The standard InChI is InChI=1S/C17H20N2O4/c20-10-8-14(12-4-5-12)18-17(22)15-7-6-13(23-15)11-19-9-2-1-3-16(19)21/h1-3,6-7,9,12,14,20H,4-5,8,10-11H2,(H,18,22). The number of carbonyl (C=O) groups excluding carboxylic acids is 1. The summed E-state index contributed by atoms with van der Waals surface area (Å²) in [6.07, 6.45) is 4.41. The monoisotopic (exact) mass is 316 g/mol. The van der Waals surface area contributed by atoms with Gasteiger partial charge in [-0.2, -0.15) is 0 Å². The predicted octanol–water partition coefficient (Wildman–Crippen LogP) is 1.38. The largest absolute Gasteiger partial charge is 0.454 e. The first-order valence-electron chi connectivity index (χ1n) is 7.83. The average molecular weight is 316 g/mol. The van der Waals surface area contributed by atoms with E-state index in [-0.39, 0.29) is 36.4 Å². The highest BCUT2D eigenvalue weighted by Crippen LogP contribution is 2.34. The van der Waals surface area contributed by atoms with Crippen LogP contribution < -0.4 is 10.9 Å². The van der Waals surface area contributed by atoms with Gasteiger partial charge < -0.3 is 19.4 Å². The molecule has 1 aliphatic rings. The fourth-order valence-corrected chi connectivity index (χ4v) is 2.65. The number of aliphatic hydroxyl groups is 1. The van der Waals surface area contributed by atoms with Crippen LogP contribution in [0.15, 0.2) is 45.7 Å². The number of nitrogens with zero attached hydrogens (tertiary/aromatic N) is 1. The van der Waals surface area contributed by atoms with Crippen molar-refractivity contribution in [2.45, 2.75) is 31.8 Å². The van der Waals surface area contributed by atoms with Gasteiger partial charge in [0.1, 0.15) is 5.76 Å². The summed E-state index contributed by atoms with van der Waals surface area (Å²) in [5, 5.41) is 12.0. The van der Waals surface area contributed by atoms with Gasteiger partial charge in [0.05, 0.1) is 6.54 Å². The fraction of sp³-hybridized carbons (Fsp3) is 0.412. The van der Waals surface area contributed by atoms with Gasteiger partial charge in [0.25, 0.3) is 11.5 Å². The van der Waals surface area contributed by atoms with Gasteiger partial charge in [-0.15, -0.1) is 0 Å². The molecule has 2 heterocycles. The highest BCUT2D eigenvalue weighted by atomic mass is 16.4. The molecule has 0 bridgehead atoms. The first kappa shape index (κ1) is 15.6. The number of nitrogens with one attached hydrogen (secondary N) is 1. The summed E-state index contributed by atoms with van der Waals surface area (Å²) in [7, 11) is 0. The summed E-state index contributed by atoms with van der Waals surface area (Å²) in [6, 6.07) is 8.24. The minimum atomic E-state index is -0.276. The zero-order valence-electron chi connectivity index (χ0n) is 12.8. The van der Waals surface area contributed by atoms with Gasteiger partial charge in [0.15, 0.2) is 5.76 Å². The minimum absolute atomic E-state index is 0.00204. The summed E-state index contributed by atoms with van der Waals surface area (Å²) in [5.41, 5.74) is -0.119. The van der Waals surface area contributed by atoms with E-state index >= 15 is 0 Å². The molecule has 0 aromatic carbocycles. The van der Waals surface area contributed by atoms with Gasteiger partial charge in [0.2, 0.25) is 0 Å². The number of hydrogen-bond donors (Lipinski definition) is 2. The molecule has 1 aliphatic carbocycles. The Kier molecular flexibility index (Phi) is 4.62. The molecule has 2 N–H and O–H groups in total. The fourth-order valence-electron chi connectivity index (χ4n) is 2.65. The molecular weight excluding hydrogens is 296 g/mol. The molecule has 2 aromatic rings. The maximum absolute atomic E-state index is 12.2. The Balaban J connectivity index is 1.65. The number of aliphatic hydroxyl groups excluding tert-OH is 1. The molecule has 23 heavy (non-hydrogen) atoms. The van der Waals surface area contributed by atoms with Gasteiger partial charge in [-0.1, -0.05) is 6.07 Å². The van der Waals surface area contributed by atoms with E-state index in [0.717, 1.165) is 12.8 Å². The Labute approximate surface area is 133 Å². The van der Waals surface area contributed by atoms with Crippen LogP contribution in [-0.2, 0) is 6.54 Å². The van der Waals surface area contributed by atoms with Crippen molar-refractivity contribution in [3.8, 4) is 0 Å². The van der Waals surface area contributed by atoms with Crippen LogP contribution in [0.2, 0.25) is 0 Å². The summed E-state index contributed by atoms with van der Waals surface area (Å²) < 4.78 is 7.06. The number of rotatable bonds is 7. The summed E-state index contributed by atoms with van der Waals surface area (Å²) >= 11 is 0. The number of furan rings is 1. The van der Waals surface area contributed by atoms with Gasteiger partial charge in [-0.05, 0) is 43.4 Å². The van der Waals surface area contributed by atoms with E-state index in [1.165, 1.54) is 10.6 Å². The number of carbonyl (C=O) groups is 1. The number of amides is 1. The topological polar surface area (TPSA) is 84.5 Å². The molecule has 1 atom stereocenters. The second-order valence-electron chi connectivity index (χ2n) is 5.86. The third kappa shape index (κ3) is 3.90. The van der Waals surface area contributed by atoms with E-state index in [1.54, 1.807) is 30.5 Å². The molecule has 1 amide bonds. The lowest BCUT2D eigenvalue weighted by atomic mass is 10.1. The van der Waals surface area contributed by atoms with Gasteiger partial charge >= 0.3 is 0 Å². The number of hydrogen-bond acceptors (Lipinski definition) is 4. The average Bonchev–Trinajstić information content (AvgIpc) is 3.28. The third-order valence-corrected chi connectivity index (χ3v) is 4.06. The molecule has 2 aromatic heterocycles. The molecule has 6 heteroatoms. The molecule has 3 rings (SSSR count). The molecule has 1 unspecified atom stereocenters. The molecular formula is C17H20N2O4. The van der Waals surface area contributed by atoms with E-state index in [4.69, 9.17) is 9.52 Å². The summed E-state index contributed by atoms with van der Waals surface area (Å²) in [6.45, 7) is 0.345.